The monoisotopic (exact) mass is 349 g/mol. The first-order chi connectivity index (χ1) is 12.6. The van der Waals surface area contributed by atoms with Crippen LogP contribution in [0.4, 0.5) is 5.82 Å². The highest BCUT2D eigenvalue weighted by atomic mass is 16.5. The average Bonchev–Trinajstić information content (AvgIpc) is 2.69. The predicted octanol–water partition coefficient (Wildman–Crippen LogP) is 3.83. The van der Waals surface area contributed by atoms with E-state index < -0.39 is 0 Å². The molecule has 1 saturated heterocycles. The summed E-state index contributed by atoms with van der Waals surface area (Å²) in [5.41, 5.74) is 3.08. The van der Waals surface area contributed by atoms with E-state index in [9.17, 15) is 0 Å². The first-order valence-electron chi connectivity index (χ1n) is 8.88. The number of fused-ring (bicyclic) bond motifs is 1. The lowest BCUT2D eigenvalue weighted by Crippen LogP contribution is -2.39. The highest BCUT2D eigenvalue weighted by Crippen LogP contribution is 2.29. The standard InChI is InChI=1S/C21H23N3O2/c1-14-12-22-15(2)21(23-14)24-8-9-26-20(13-24)18-5-4-17-11-19(25-3)7-6-16(17)10-18/h4-7,10-12,20H,8-9,13H2,1-3H3. The van der Waals surface area contributed by atoms with Crippen LogP contribution in [0.1, 0.15) is 23.1 Å². The highest BCUT2D eigenvalue weighted by Gasteiger charge is 2.24. The number of morpholine rings is 1. The Labute approximate surface area is 153 Å². The summed E-state index contributed by atoms with van der Waals surface area (Å²) in [5, 5.41) is 2.36. The molecule has 0 spiro atoms. The molecule has 0 radical (unpaired) electrons. The molecule has 1 aliphatic rings. The lowest BCUT2D eigenvalue weighted by atomic mass is 10.0. The van der Waals surface area contributed by atoms with Gasteiger partial charge in [-0.1, -0.05) is 18.2 Å². The molecule has 0 bridgehead atoms. The summed E-state index contributed by atoms with van der Waals surface area (Å²) in [5.74, 6) is 1.84. The molecule has 1 unspecified atom stereocenters. The molecule has 3 aromatic rings. The van der Waals surface area contributed by atoms with Gasteiger partial charge in [0.05, 0.1) is 25.1 Å². The minimum Gasteiger partial charge on any atom is -0.497 e. The molecule has 2 aromatic carbocycles. The van der Waals surface area contributed by atoms with Gasteiger partial charge in [-0.3, -0.25) is 4.98 Å². The van der Waals surface area contributed by atoms with Crippen LogP contribution in [0.15, 0.2) is 42.6 Å². The van der Waals surface area contributed by atoms with Crippen molar-refractivity contribution < 1.29 is 9.47 Å². The maximum atomic E-state index is 6.07. The molecule has 1 aromatic heterocycles. The maximum absolute atomic E-state index is 6.07. The third-order valence-electron chi connectivity index (χ3n) is 4.86. The Kier molecular flexibility index (Phi) is 4.47. The zero-order chi connectivity index (χ0) is 18.1. The van der Waals surface area contributed by atoms with Crippen molar-refractivity contribution >= 4 is 16.6 Å². The number of rotatable bonds is 3. The molecule has 26 heavy (non-hydrogen) atoms. The van der Waals surface area contributed by atoms with E-state index in [4.69, 9.17) is 9.47 Å². The lowest BCUT2D eigenvalue weighted by Gasteiger charge is -2.34. The fraction of sp³-hybridized carbons (Fsp3) is 0.333. The molecule has 0 saturated carbocycles. The Morgan fingerprint density at radius 2 is 1.92 bits per heavy atom. The molecule has 134 valence electrons. The summed E-state index contributed by atoms with van der Waals surface area (Å²) in [6.45, 7) is 6.28. The molecular formula is C21H23N3O2. The smallest absolute Gasteiger partial charge is 0.150 e. The Balaban J connectivity index is 1.61. The van der Waals surface area contributed by atoms with Crippen molar-refractivity contribution in [3.8, 4) is 5.75 Å². The molecular weight excluding hydrogens is 326 g/mol. The summed E-state index contributed by atoms with van der Waals surface area (Å²) in [7, 11) is 1.69. The quantitative estimate of drug-likeness (QED) is 0.719. The van der Waals surface area contributed by atoms with E-state index in [1.165, 1.54) is 16.3 Å². The second-order valence-electron chi connectivity index (χ2n) is 6.70. The second-order valence-corrected chi connectivity index (χ2v) is 6.70. The molecule has 1 aliphatic heterocycles. The number of benzene rings is 2. The van der Waals surface area contributed by atoms with Gasteiger partial charge in [-0.2, -0.15) is 0 Å². The summed E-state index contributed by atoms with van der Waals surface area (Å²) in [6.07, 6.45) is 1.84. The van der Waals surface area contributed by atoms with E-state index in [2.05, 4.69) is 45.2 Å². The van der Waals surface area contributed by atoms with Gasteiger partial charge in [0.1, 0.15) is 11.9 Å². The van der Waals surface area contributed by atoms with Gasteiger partial charge < -0.3 is 14.4 Å². The Bertz CT molecular complexity index is 942. The molecule has 2 heterocycles. The Morgan fingerprint density at radius 1 is 1.12 bits per heavy atom. The van der Waals surface area contributed by atoms with Gasteiger partial charge in [0.25, 0.3) is 0 Å². The number of aromatic nitrogens is 2. The van der Waals surface area contributed by atoms with E-state index in [1.807, 2.05) is 26.1 Å². The third kappa shape index (κ3) is 3.22. The average molecular weight is 349 g/mol. The van der Waals surface area contributed by atoms with E-state index in [1.54, 1.807) is 7.11 Å². The molecule has 5 heteroatoms. The van der Waals surface area contributed by atoms with Crippen LogP contribution >= 0.6 is 0 Å². The van der Waals surface area contributed by atoms with Gasteiger partial charge in [-0.15, -0.1) is 0 Å². The number of hydrogen-bond donors (Lipinski definition) is 0. The van der Waals surface area contributed by atoms with Crippen LogP contribution in [0.3, 0.4) is 0 Å². The van der Waals surface area contributed by atoms with Gasteiger partial charge in [-0.05, 0) is 48.4 Å². The number of hydrogen-bond acceptors (Lipinski definition) is 5. The SMILES string of the molecule is COc1ccc2cc(C3CN(c4nc(C)cnc4C)CCO3)ccc2c1. The van der Waals surface area contributed by atoms with Gasteiger partial charge in [0.2, 0.25) is 0 Å². The van der Waals surface area contributed by atoms with Crippen LogP contribution < -0.4 is 9.64 Å². The predicted molar refractivity (Wildman–Crippen MR) is 103 cm³/mol. The largest absolute Gasteiger partial charge is 0.497 e. The van der Waals surface area contributed by atoms with Crippen molar-refractivity contribution in [2.75, 3.05) is 31.7 Å². The number of aryl methyl sites for hydroxylation is 2. The number of ether oxygens (including phenoxy) is 2. The van der Waals surface area contributed by atoms with Gasteiger partial charge in [0.15, 0.2) is 5.82 Å². The molecule has 1 fully saturated rings. The van der Waals surface area contributed by atoms with Crippen molar-refractivity contribution in [2.24, 2.45) is 0 Å². The molecule has 0 N–H and O–H groups in total. The number of nitrogens with zero attached hydrogens (tertiary/aromatic N) is 3. The van der Waals surface area contributed by atoms with Crippen molar-refractivity contribution in [3.05, 3.63) is 59.5 Å². The minimum atomic E-state index is 0.0250. The lowest BCUT2D eigenvalue weighted by molar-refractivity contribution is 0.0395. The second kappa shape index (κ2) is 6.92. The van der Waals surface area contributed by atoms with Crippen LogP contribution in [0, 0.1) is 13.8 Å². The van der Waals surface area contributed by atoms with Crippen molar-refractivity contribution in [2.45, 2.75) is 20.0 Å². The summed E-state index contributed by atoms with van der Waals surface area (Å²) in [6, 6.07) is 12.6. The van der Waals surface area contributed by atoms with E-state index in [0.717, 1.165) is 36.0 Å². The molecule has 0 amide bonds. The minimum absolute atomic E-state index is 0.0250. The van der Waals surface area contributed by atoms with E-state index >= 15 is 0 Å². The highest BCUT2D eigenvalue weighted by molar-refractivity contribution is 5.84. The van der Waals surface area contributed by atoms with E-state index in [0.29, 0.717) is 6.61 Å². The van der Waals surface area contributed by atoms with Gasteiger partial charge in [0, 0.05) is 19.3 Å². The maximum Gasteiger partial charge on any atom is 0.150 e. The molecule has 1 atom stereocenters. The van der Waals surface area contributed by atoms with Crippen LogP contribution in [0.5, 0.6) is 5.75 Å². The summed E-state index contributed by atoms with van der Waals surface area (Å²) < 4.78 is 11.4. The van der Waals surface area contributed by atoms with Gasteiger partial charge in [-0.25, -0.2) is 4.98 Å². The van der Waals surface area contributed by atoms with Crippen LogP contribution in [-0.4, -0.2) is 36.8 Å². The Morgan fingerprint density at radius 3 is 2.77 bits per heavy atom. The molecule has 5 nitrogen and oxygen atoms in total. The first kappa shape index (κ1) is 16.8. The summed E-state index contributed by atoms with van der Waals surface area (Å²) in [4.78, 5) is 11.4. The zero-order valence-corrected chi connectivity index (χ0v) is 15.4. The summed E-state index contributed by atoms with van der Waals surface area (Å²) >= 11 is 0. The van der Waals surface area contributed by atoms with Gasteiger partial charge >= 0.3 is 0 Å². The fourth-order valence-electron chi connectivity index (χ4n) is 3.44. The van der Waals surface area contributed by atoms with Crippen LogP contribution in [-0.2, 0) is 4.74 Å². The van der Waals surface area contributed by atoms with Crippen LogP contribution in [0.2, 0.25) is 0 Å². The van der Waals surface area contributed by atoms with Crippen molar-refractivity contribution in [1.29, 1.82) is 0 Å². The molecule has 4 rings (SSSR count). The number of anilines is 1. The zero-order valence-electron chi connectivity index (χ0n) is 15.4. The normalized spacial score (nSPS) is 17.5. The van der Waals surface area contributed by atoms with E-state index in [-0.39, 0.29) is 6.10 Å². The van der Waals surface area contributed by atoms with Crippen LogP contribution in [0.25, 0.3) is 10.8 Å². The number of methoxy groups -OCH3 is 1. The topological polar surface area (TPSA) is 47.5 Å². The third-order valence-corrected chi connectivity index (χ3v) is 4.86. The Hall–Kier alpha value is -2.66. The van der Waals surface area contributed by atoms with Crippen molar-refractivity contribution in [3.63, 3.8) is 0 Å². The fourth-order valence-corrected chi connectivity index (χ4v) is 3.44. The molecule has 0 aliphatic carbocycles. The first-order valence-corrected chi connectivity index (χ1v) is 8.88. The van der Waals surface area contributed by atoms with Crippen molar-refractivity contribution in [1.82, 2.24) is 9.97 Å².